The molecule has 7 nitrogen and oxygen atoms in total. The summed E-state index contributed by atoms with van der Waals surface area (Å²) in [4.78, 5) is 23.6. The molecule has 0 spiro atoms. The lowest BCUT2D eigenvalue weighted by atomic mass is 10.2. The van der Waals surface area contributed by atoms with Gasteiger partial charge in [0.2, 0.25) is 5.89 Å². The lowest BCUT2D eigenvalue weighted by Crippen LogP contribution is -2.23. The molecule has 2 atom stereocenters. The lowest BCUT2D eigenvalue weighted by molar-refractivity contribution is 0.364. The number of benzene rings is 1. The fourth-order valence-corrected chi connectivity index (χ4v) is 4.65. The van der Waals surface area contributed by atoms with E-state index in [-0.39, 0.29) is 23.8 Å². The molecule has 2 unspecified atom stereocenters. The molecule has 1 aliphatic carbocycles. The molecule has 1 aliphatic heterocycles. The number of halogens is 1. The van der Waals surface area contributed by atoms with E-state index >= 15 is 0 Å². The second kappa shape index (κ2) is 6.48. The Morgan fingerprint density at radius 1 is 1.13 bits per heavy atom. The normalized spacial score (nSPS) is 22.4. The van der Waals surface area contributed by atoms with Crippen LogP contribution in [-0.4, -0.2) is 32.8 Å². The van der Waals surface area contributed by atoms with Crippen molar-refractivity contribution < 1.29 is 8.91 Å². The van der Waals surface area contributed by atoms with Crippen LogP contribution in [0.1, 0.15) is 17.6 Å². The topological polar surface area (TPSA) is 77.1 Å². The molecule has 150 valence electrons. The van der Waals surface area contributed by atoms with Gasteiger partial charge in [-0.2, -0.15) is 4.98 Å². The van der Waals surface area contributed by atoms with Crippen LogP contribution in [0.15, 0.2) is 64.2 Å². The van der Waals surface area contributed by atoms with Crippen molar-refractivity contribution in [1.29, 1.82) is 0 Å². The van der Waals surface area contributed by atoms with Crippen LogP contribution in [-0.2, 0) is 6.54 Å². The van der Waals surface area contributed by atoms with Crippen molar-refractivity contribution in [3.05, 3.63) is 82.7 Å². The average Bonchev–Trinajstić information content (AvgIpc) is 3.10. The van der Waals surface area contributed by atoms with Gasteiger partial charge in [-0.1, -0.05) is 11.2 Å². The molecule has 1 saturated heterocycles. The lowest BCUT2D eigenvalue weighted by Gasteiger charge is -2.21. The summed E-state index contributed by atoms with van der Waals surface area (Å²) >= 11 is 0. The first-order valence-corrected chi connectivity index (χ1v) is 9.94. The summed E-state index contributed by atoms with van der Waals surface area (Å²) in [7, 11) is 0. The van der Waals surface area contributed by atoms with Gasteiger partial charge in [-0.25, -0.2) is 4.39 Å². The van der Waals surface area contributed by atoms with E-state index in [9.17, 15) is 9.18 Å². The highest BCUT2D eigenvalue weighted by molar-refractivity contribution is 5.76. The van der Waals surface area contributed by atoms with E-state index in [0.29, 0.717) is 34.5 Å². The van der Waals surface area contributed by atoms with Crippen LogP contribution in [0.2, 0.25) is 0 Å². The molecular weight excluding hydrogens is 385 g/mol. The van der Waals surface area contributed by atoms with Gasteiger partial charge in [0, 0.05) is 37.1 Å². The predicted octanol–water partition coefficient (Wildman–Crippen LogP) is 2.82. The van der Waals surface area contributed by atoms with E-state index in [2.05, 4.69) is 20.0 Å². The Labute approximate surface area is 170 Å². The van der Waals surface area contributed by atoms with Crippen molar-refractivity contribution in [1.82, 2.24) is 19.7 Å². The molecular formula is C22H18FN5O2. The van der Waals surface area contributed by atoms with Crippen molar-refractivity contribution in [3.63, 3.8) is 0 Å². The van der Waals surface area contributed by atoms with Crippen molar-refractivity contribution in [3.8, 4) is 0 Å². The summed E-state index contributed by atoms with van der Waals surface area (Å²) in [6.45, 7) is 1.95. The molecule has 6 rings (SSSR count). The highest BCUT2D eigenvalue weighted by Crippen LogP contribution is 2.57. The van der Waals surface area contributed by atoms with Gasteiger partial charge in [-0.3, -0.25) is 9.78 Å². The molecule has 1 aromatic carbocycles. The van der Waals surface area contributed by atoms with Crippen molar-refractivity contribution in [2.75, 3.05) is 18.0 Å². The zero-order valence-electron chi connectivity index (χ0n) is 16.0. The Balaban J connectivity index is 1.16. The number of hydrogen-bond donors (Lipinski definition) is 0. The van der Waals surface area contributed by atoms with Crippen molar-refractivity contribution in [2.24, 2.45) is 11.8 Å². The zero-order valence-corrected chi connectivity index (χ0v) is 16.0. The molecule has 2 aliphatic rings. The molecule has 2 fully saturated rings. The maximum absolute atomic E-state index is 13.5. The SMILES string of the molecule is O=c1c2cccnc2ccn1Cc1nc(C2C3CN(c4cccc(F)c4)CC32)no1. The van der Waals surface area contributed by atoms with Crippen LogP contribution in [0.4, 0.5) is 10.1 Å². The van der Waals surface area contributed by atoms with Crippen LogP contribution in [0.25, 0.3) is 10.9 Å². The van der Waals surface area contributed by atoms with Gasteiger partial charge < -0.3 is 14.0 Å². The van der Waals surface area contributed by atoms with Crippen LogP contribution >= 0.6 is 0 Å². The molecule has 0 amide bonds. The highest BCUT2D eigenvalue weighted by Gasteiger charge is 2.58. The number of fused-ring (bicyclic) bond motifs is 2. The number of piperidine rings is 1. The van der Waals surface area contributed by atoms with Crippen LogP contribution in [0.5, 0.6) is 0 Å². The molecule has 0 N–H and O–H groups in total. The van der Waals surface area contributed by atoms with Gasteiger partial charge >= 0.3 is 0 Å². The molecule has 1 saturated carbocycles. The first-order valence-electron chi connectivity index (χ1n) is 9.94. The summed E-state index contributed by atoms with van der Waals surface area (Å²) < 4.78 is 20.5. The third-order valence-electron chi connectivity index (χ3n) is 6.20. The van der Waals surface area contributed by atoms with Gasteiger partial charge in [0.05, 0.1) is 10.9 Å². The fourth-order valence-electron chi connectivity index (χ4n) is 4.65. The monoisotopic (exact) mass is 403 g/mol. The van der Waals surface area contributed by atoms with Crippen molar-refractivity contribution in [2.45, 2.75) is 12.5 Å². The van der Waals surface area contributed by atoms with E-state index in [0.717, 1.165) is 18.8 Å². The first-order chi connectivity index (χ1) is 14.7. The molecule has 0 bridgehead atoms. The summed E-state index contributed by atoms with van der Waals surface area (Å²) in [5.74, 6) is 2.08. The average molecular weight is 403 g/mol. The quantitative estimate of drug-likeness (QED) is 0.522. The fraction of sp³-hybridized carbons (Fsp3) is 0.273. The number of pyridine rings is 2. The summed E-state index contributed by atoms with van der Waals surface area (Å²) in [5.41, 5.74) is 1.45. The number of hydrogen-bond acceptors (Lipinski definition) is 6. The van der Waals surface area contributed by atoms with Gasteiger partial charge in [-0.15, -0.1) is 0 Å². The van der Waals surface area contributed by atoms with Gasteiger partial charge in [0.15, 0.2) is 5.82 Å². The minimum Gasteiger partial charge on any atom is -0.371 e. The highest BCUT2D eigenvalue weighted by atomic mass is 19.1. The van der Waals surface area contributed by atoms with E-state index in [1.165, 1.54) is 6.07 Å². The summed E-state index contributed by atoms with van der Waals surface area (Å²) in [6, 6.07) is 12.0. The smallest absolute Gasteiger partial charge is 0.260 e. The first kappa shape index (κ1) is 17.3. The Bertz CT molecular complexity index is 1300. The minimum atomic E-state index is -0.216. The number of rotatable bonds is 4. The third kappa shape index (κ3) is 2.79. The Morgan fingerprint density at radius 3 is 2.83 bits per heavy atom. The predicted molar refractivity (Wildman–Crippen MR) is 108 cm³/mol. The number of anilines is 1. The van der Waals surface area contributed by atoms with Gasteiger partial charge in [-0.05, 0) is 48.2 Å². The Hall–Kier alpha value is -3.55. The second-order valence-electron chi connectivity index (χ2n) is 7.97. The maximum Gasteiger partial charge on any atom is 0.260 e. The maximum atomic E-state index is 13.5. The molecule has 4 aromatic rings. The van der Waals surface area contributed by atoms with Crippen molar-refractivity contribution >= 4 is 16.6 Å². The van der Waals surface area contributed by atoms with E-state index in [1.807, 2.05) is 6.07 Å². The largest absolute Gasteiger partial charge is 0.371 e. The summed E-state index contributed by atoms with van der Waals surface area (Å²) in [5, 5.41) is 4.73. The number of aromatic nitrogens is 4. The molecule has 0 radical (unpaired) electrons. The van der Waals surface area contributed by atoms with Gasteiger partial charge in [0.25, 0.3) is 5.56 Å². The minimum absolute atomic E-state index is 0.130. The molecule has 30 heavy (non-hydrogen) atoms. The summed E-state index contributed by atoms with van der Waals surface area (Å²) in [6.07, 6.45) is 3.36. The second-order valence-corrected chi connectivity index (χ2v) is 7.97. The number of nitrogens with zero attached hydrogens (tertiary/aromatic N) is 5. The van der Waals surface area contributed by atoms with Crippen LogP contribution in [0, 0.1) is 17.7 Å². The van der Waals surface area contributed by atoms with E-state index in [1.54, 1.807) is 47.3 Å². The van der Waals surface area contributed by atoms with Crippen LogP contribution in [0.3, 0.4) is 0 Å². The van der Waals surface area contributed by atoms with Crippen LogP contribution < -0.4 is 10.5 Å². The molecule has 4 heterocycles. The van der Waals surface area contributed by atoms with E-state index in [4.69, 9.17) is 4.52 Å². The van der Waals surface area contributed by atoms with Gasteiger partial charge in [0.1, 0.15) is 12.4 Å². The zero-order chi connectivity index (χ0) is 20.2. The van der Waals surface area contributed by atoms with E-state index < -0.39 is 0 Å². The standard InChI is InChI=1S/C22H18FN5O2/c23-13-3-1-4-14(9-13)28-10-16-17(11-28)20(16)21-25-19(30-26-21)12-27-8-6-18-15(22(27)29)5-2-7-24-18/h1-9,16-17,20H,10-12H2. The molecule has 8 heteroatoms. The molecule has 3 aromatic heterocycles. The third-order valence-corrected chi connectivity index (χ3v) is 6.20. The Kier molecular flexibility index (Phi) is 3.74. The Morgan fingerprint density at radius 2 is 2.00 bits per heavy atom.